The highest BCUT2D eigenvalue weighted by atomic mass is 16.4. The van der Waals surface area contributed by atoms with Gasteiger partial charge in [0.25, 0.3) is 0 Å². The van der Waals surface area contributed by atoms with Gasteiger partial charge < -0.3 is 15.7 Å². The molecule has 1 atom stereocenters. The molecular formula is C7H13N3O3. The van der Waals surface area contributed by atoms with Crippen LogP contribution in [0.4, 0.5) is 4.79 Å². The Labute approximate surface area is 75.9 Å². The van der Waals surface area contributed by atoms with Crippen LogP contribution in [0.25, 0.3) is 0 Å². The monoisotopic (exact) mass is 187 g/mol. The van der Waals surface area contributed by atoms with E-state index in [9.17, 15) is 9.59 Å². The van der Waals surface area contributed by atoms with Crippen LogP contribution < -0.4 is 5.73 Å². The second-order valence-corrected chi connectivity index (χ2v) is 3.12. The number of carbonyl (C=O) groups excluding carboxylic acids is 1. The first-order chi connectivity index (χ1) is 6.02. The Balaban J connectivity index is 2.63. The summed E-state index contributed by atoms with van der Waals surface area (Å²) >= 11 is 0. The maximum Gasteiger partial charge on any atom is 0.322 e. The molecule has 6 heteroatoms. The fourth-order valence-corrected chi connectivity index (χ4v) is 1.34. The molecule has 3 N–H and O–H groups in total. The second kappa shape index (κ2) is 3.61. The summed E-state index contributed by atoms with van der Waals surface area (Å²) in [6.45, 7) is 1.21. The van der Waals surface area contributed by atoms with E-state index < -0.39 is 18.0 Å². The summed E-state index contributed by atoms with van der Waals surface area (Å²) in [5.74, 6) is -0.923. The summed E-state index contributed by atoms with van der Waals surface area (Å²) in [5.41, 5.74) is 5.05. The smallest absolute Gasteiger partial charge is 0.322 e. The number of aliphatic carboxylic acids is 1. The predicted octanol–water partition coefficient (Wildman–Crippen LogP) is -1.23. The lowest BCUT2D eigenvalue weighted by Gasteiger charge is -2.36. The fourth-order valence-electron chi connectivity index (χ4n) is 1.34. The Morgan fingerprint density at radius 1 is 1.46 bits per heavy atom. The normalized spacial score (nSPS) is 24.4. The van der Waals surface area contributed by atoms with E-state index in [1.807, 2.05) is 0 Å². The topological polar surface area (TPSA) is 86.9 Å². The van der Waals surface area contributed by atoms with Crippen LogP contribution in [0.15, 0.2) is 0 Å². The zero-order valence-corrected chi connectivity index (χ0v) is 7.43. The minimum atomic E-state index is -0.923. The third-order valence-corrected chi connectivity index (χ3v) is 2.24. The van der Waals surface area contributed by atoms with Crippen molar-refractivity contribution in [2.24, 2.45) is 5.73 Å². The van der Waals surface area contributed by atoms with E-state index >= 15 is 0 Å². The van der Waals surface area contributed by atoms with Crippen molar-refractivity contribution in [3.8, 4) is 0 Å². The molecule has 1 heterocycles. The number of likely N-dealkylation sites (N-methyl/N-ethyl adjacent to an activating group) is 1. The van der Waals surface area contributed by atoms with Gasteiger partial charge in [-0.05, 0) is 7.05 Å². The molecule has 1 aliphatic heterocycles. The van der Waals surface area contributed by atoms with Crippen molar-refractivity contribution in [3.63, 3.8) is 0 Å². The molecule has 1 rings (SSSR count). The van der Waals surface area contributed by atoms with E-state index in [1.54, 1.807) is 11.9 Å². The highest BCUT2D eigenvalue weighted by Gasteiger charge is 2.30. The molecule has 0 aromatic carbocycles. The Bertz CT molecular complexity index is 231. The first-order valence-corrected chi connectivity index (χ1v) is 4.00. The van der Waals surface area contributed by atoms with Crippen molar-refractivity contribution in [1.82, 2.24) is 9.80 Å². The summed E-state index contributed by atoms with van der Waals surface area (Å²) < 4.78 is 0. The molecule has 2 amide bonds. The van der Waals surface area contributed by atoms with Crippen LogP contribution in [0.2, 0.25) is 0 Å². The van der Waals surface area contributed by atoms with Crippen molar-refractivity contribution in [1.29, 1.82) is 0 Å². The molecule has 0 radical (unpaired) electrons. The van der Waals surface area contributed by atoms with Crippen LogP contribution in [0.3, 0.4) is 0 Å². The number of urea groups is 1. The maximum absolute atomic E-state index is 10.8. The lowest BCUT2D eigenvalue weighted by atomic mass is 10.2. The fraction of sp³-hybridized carbons (Fsp3) is 0.714. The summed E-state index contributed by atoms with van der Waals surface area (Å²) in [5, 5.41) is 8.79. The average molecular weight is 187 g/mol. The van der Waals surface area contributed by atoms with E-state index in [1.165, 1.54) is 4.90 Å². The van der Waals surface area contributed by atoms with E-state index in [0.717, 1.165) is 0 Å². The second-order valence-electron chi connectivity index (χ2n) is 3.12. The third-order valence-electron chi connectivity index (χ3n) is 2.24. The first-order valence-electron chi connectivity index (χ1n) is 4.00. The number of primary amides is 1. The van der Waals surface area contributed by atoms with Crippen LogP contribution >= 0.6 is 0 Å². The van der Waals surface area contributed by atoms with Gasteiger partial charge in [0, 0.05) is 19.6 Å². The number of hydrogen-bond donors (Lipinski definition) is 2. The quantitative estimate of drug-likeness (QED) is 0.538. The van der Waals surface area contributed by atoms with Gasteiger partial charge in [0.05, 0.1) is 0 Å². The molecule has 0 saturated carbocycles. The molecule has 0 aromatic heterocycles. The third kappa shape index (κ3) is 2.09. The number of nitrogens with two attached hydrogens (primary N) is 1. The van der Waals surface area contributed by atoms with Gasteiger partial charge in [-0.2, -0.15) is 0 Å². The minimum absolute atomic E-state index is 0.168. The summed E-state index contributed by atoms with van der Waals surface area (Å²) in [6.07, 6.45) is 0. The molecule has 0 spiro atoms. The number of piperazine rings is 1. The molecule has 1 aliphatic rings. The van der Waals surface area contributed by atoms with Crippen LogP contribution in [0.5, 0.6) is 0 Å². The number of nitrogens with zero attached hydrogens (tertiary/aromatic N) is 2. The largest absolute Gasteiger partial charge is 0.480 e. The van der Waals surface area contributed by atoms with Gasteiger partial charge >= 0.3 is 12.0 Å². The molecule has 74 valence electrons. The van der Waals surface area contributed by atoms with Crippen molar-refractivity contribution >= 4 is 12.0 Å². The van der Waals surface area contributed by atoms with E-state index in [2.05, 4.69) is 0 Å². The standard InChI is InChI=1S/C7H13N3O3/c1-9-2-3-10(7(8)13)4-5(9)6(11)12/h5H,2-4H2,1H3,(H2,8,13)(H,11,12)/t5-/m0/s1. The summed E-state index contributed by atoms with van der Waals surface area (Å²) in [6, 6.07) is -1.19. The van der Waals surface area contributed by atoms with Gasteiger partial charge in [-0.25, -0.2) is 4.79 Å². The molecule has 13 heavy (non-hydrogen) atoms. The van der Waals surface area contributed by atoms with Crippen LogP contribution in [-0.2, 0) is 4.79 Å². The number of rotatable bonds is 1. The van der Waals surface area contributed by atoms with Crippen LogP contribution in [-0.4, -0.2) is 59.6 Å². The molecular weight excluding hydrogens is 174 g/mol. The highest BCUT2D eigenvalue weighted by Crippen LogP contribution is 2.07. The van der Waals surface area contributed by atoms with Crippen LogP contribution in [0, 0.1) is 0 Å². The number of carboxylic acid groups (broad SMARTS) is 1. The average Bonchev–Trinajstić information content (AvgIpc) is 2.04. The SMILES string of the molecule is CN1CCN(C(N)=O)C[C@H]1C(=O)O. The Morgan fingerprint density at radius 3 is 2.54 bits per heavy atom. The van der Waals surface area contributed by atoms with Gasteiger partial charge in [-0.3, -0.25) is 9.69 Å². The van der Waals surface area contributed by atoms with Crippen molar-refractivity contribution in [3.05, 3.63) is 0 Å². The van der Waals surface area contributed by atoms with E-state index in [4.69, 9.17) is 10.8 Å². The lowest BCUT2D eigenvalue weighted by Crippen LogP contribution is -2.57. The van der Waals surface area contributed by atoms with Gasteiger partial charge in [-0.15, -0.1) is 0 Å². The van der Waals surface area contributed by atoms with Crippen molar-refractivity contribution < 1.29 is 14.7 Å². The Morgan fingerprint density at radius 2 is 2.08 bits per heavy atom. The van der Waals surface area contributed by atoms with Crippen molar-refractivity contribution in [2.75, 3.05) is 26.7 Å². The Kier molecular flexibility index (Phi) is 2.72. The zero-order valence-electron chi connectivity index (χ0n) is 7.43. The number of amides is 2. The van der Waals surface area contributed by atoms with Gasteiger partial charge in [0.15, 0.2) is 0 Å². The van der Waals surface area contributed by atoms with Gasteiger partial charge in [-0.1, -0.05) is 0 Å². The van der Waals surface area contributed by atoms with Gasteiger partial charge in [0.1, 0.15) is 6.04 Å². The summed E-state index contributed by atoms with van der Waals surface area (Å²) in [4.78, 5) is 24.5. The molecule has 1 saturated heterocycles. The lowest BCUT2D eigenvalue weighted by molar-refractivity contribution is -0.144. The molecule has 6 nitrogen and oxygen atoms in total. The molecule has 0 unspecified atom stereocenters. The van der Waals surface area contributed by atoms with Crippen molar-refractivity contribution in [2.45, 2.75) is 6.04 Å². The van der Waals surface area contributed by atoms with Crippen LogP contribution in [0.1, 0.15) is 0 Å². The number of hydrogen-bond acceptors (Lipinski definition) is 3. The highest BCUT2D eigenvalue weighted by molar-refractivity contribution is 5.77. The number of carboxylic acids is 1. The predicted molar refractivity (Wildman–Crippen MR) is 45.2 cm³/mol. The van der Waals surface area contributed by atoms with E-state index in [0.29, 0.717) is 13.1 Å². The Hall–Kier alpha value is -1.30. The molecule has 1 fully saturated rings. The van der Waals surface area contributed by atoms with Gasteiger partial charge in [0.2, 0.25) is 0 Å². The summed E-state index contributed by atoms with van der Waals surface area (Å²) in [7, 11) is 1.72. The zero-order chi connectivity index (χ0) is 10.0. The maximum atomic E-state index is 10.8. The first kappa shape index (κ1) is 9.79. The molecule has 0 bridgehead atoms. The number of carbonyl (C=O) groups is 2. The van der Waals surface area contributed by atoms with E-state index in [-0.39, 0.29) is 6.54 Å². The molecule has 0 aliphatic carbocycles. The molecule has 0 aromatic rings. The minimum Gasteiger partial charge on any atom is -0.480 e.